The van der Waals surface area contributed by atoms with Gasteiger partial charge >= 0.3 is 0 Å². The summed E-state index contributed by atoms with van der Waals surface area (Å²) in [7, 11) is 0. The molecule has 1 aromatic carbocycles. The quantitative estimate of drug-likeness (QED) is 0.835. The Morgan fingerprint density at radius 3 is 3.18 bits per heavy atom. The van der Waals surface area contributed by atoms with Gasteiger partial charge in [0, 0.05) is 23.8 Å². The molecule has 17 heavy (non-hydrogen) atoms. The van der Waals surface area contributed by atoms with E-state index in [-0.39, 0.29) is 5.91 Å². The highest BCUT2D eigenvalue weighted by Crippen LogP contribution is 2.33. The van der Waals surface area contributed by atoms with Crippen LogP contribution in [0.3, 0.4) is 0 Å². The summed E-state index contributed by atoms with van der Waals surface area (Å²) in [6.45, 7) is 3.16. The fourth-order valence-electron chi connectivity index (χ4n) is 2.56. The molecule has 1 aromatic rings. The number of hydrogen-bond donors (Lipinski definition) is 2. The van der Waals surface area contributed by atoms with Crippen LogP contribution in [0.1, 0.15) is 35.7 Å². The Labute approximate surface area is 102 Å². The van der Waals surface area contributed by atoms with Gasteiger partial charge in [0.15, 0.2) is 0 Å². The summed E-state index contributed by atoms with van der Waals surface area (Å²) in [5.41, 5.74) is 3.22. The second-order valence-corrected chi connectivity index (χ2v) is 5.03. The van der Waals surface area contributed by atoms with E-state index in [1.165, 1.54) is 5.56 Å². The minimum Gasteiger partial charge on any atom is -0.384 e. The van der Waals surface area contributed by atoms with Crippen molar-refractivity contribution in [2.75, 3.05) is 11.9 Å². The first-order chi connectivity index (χ1) is 8.28. The molecule has 0 radical (unpaired) electrons. The highest BCUT2D eigenvalue weighted by Gasteiger charge is 2.36. The van der Waals surface area contributed by atoms with Crippen molar-refractivity contribution in [1.29, 1.82) is 0 Å². The van der Waals surface area contributed by atoms with Crippen molar-refractivity contribution < 1.29 is 4.79 Å². The SMILES string of the molecule is CCC1CC1NC(=O)c1ccc2c(c1)NCC2. The summed E-state index contributed by atoms with van der Waals surface area (Å²) in [4.78, 5) is 12.0. The second-order valence-electron chi connectivity index (χ2n) is 5.03. The number of carbonyl (C=O) groups excluding carboxylic acids is 1. The average Bonchev–Trinajstić information content (AvgIpc) is 2.92. The van der Waals surface area contributed by atoms with Crippen molar-refractivity contribution in [3.05, 3.63) is 29.3 Å². The van der Waals surface area contributed by atoms with E-state index in [1.807, 2.05) is 12.1 Å². The minimum atomic E-state index is 0.0717. The molecule has 2 unspecified atom stereocenters. The van der Waals surface area contributed by atoms with Crippen LogP contribution in [0.15, 0.2) is 18.2 Å². The lowest BCUT2D eigenvalue weighted by atomic mass is 10.1. The first-order valence-electron chi connectivity index (χ1n) is 6.45. The van der Waals surface area contributed by atoms with Gasteiger partial charge in [-0.05, 0) is 36.5 Å². The minimum absolute atomic E-state index is 0.0717. The van der Waals surface area contributed by atoms with Gasteiger partial charge < -0.3 is 10.6 Å². The van der Waals surface area contributed by atoms with E-state index in [2.05, 4.69) is 23.6 Å². The molecule has 1 heterocycles. The number of hydrogen-bond acceptors (Lipinski definition) is 2. The molecule has 2 atom stereocenters. The Morgan fingerprint density at radius 1 is 1.53 bits per heavy atom. The third-order valence-electron chi connectivity index (χ3n) is 3.85. The lowest BCUT2D eigenvalue weighted by Crippen LogP contribution is -2.26. The summed E-state index contributed by atoms with van der Waals surface area (Å²) in [6.07, 6.45) is 3.37. The first kappa shape index (κ1) is 10.6. The third-order valence-corrected chi connectivity index (χ3v) is 3.85. The van der Waals surface area contributed by atoms with Crippen molar-refractivity contribution >= 4 is 11.6 Å². The van der Waals surface area contributed by atoms with Gasteiger partial charge in [-0.1, -0.05) is 19.4 Å². The number of benzene rings is 1. The van der Waals surface area contributed by atoms with Crippen LogP contribution in [-0.4, -0.2) is 18.5 Å². The van der Waals surface area contributed by atoms with Gasteiger partial charge in [-0.25, -0.2) is 0 Å². The number of carbonyl (C=O) groups is 1. The van der Waals surface area contributed by atoms with Gasteiger partial charge in [0.25, 0.3) is 5.91 Å². The number of amides is 1. The van der Waals surface area contributed by atoms with Crippen LogP contribution in [0.2, 0.25) is 0 Å². The fraction of sp³-hybridized carbons (Fsp3) is 0.500. The summed E-state index contributed by atoms with van der Waals surface area (Å²) >= 11 is 0. The molecule has 3 nitrogen and oxygen atoms in total. The van der Waals surface area contributed by atoms with Gasteiger partial charge in [-0.3, -0.25) is 4.79 Å². The maximum Gasteiger partial charge on any atom is 0.251 e. The van der Waals surface area contributed by atoms with Crippen molar-refractivity contribution in [2.24, 2.45) is 5.92 Å². The average molecular weight is 230 g/mol. The lowest BCUT2D eigenvalue weighted by Gasteiger charge is -2.06. The summed E-state index contributed by atoms with van der Waals surface area (Å²) in [5, 5.41) is 6.40. The zero-order chi connectivity index (χ0) is 11.8. The molecular formula is C14H18N2O. The molecule has 90 valence electrons. The van der Waals surface area contributed by atoms with Crippen LogP contribution in [0, 0.1) is 5.92 Å². The molecule has 0 saturated heterocycles. The van der Waals surface area contributed by atoms with E-state index in [4.69, 9.17) is 0 Å². The summed E-state index contributed by atoms with van der Waals surface area (Å²) in [5.74, 6) is 0.772. The third kappa shape index (κ3) is 2.02. The molecule has 0 bridgehead atoms. The van der Waals surface area contributed by atoms with E-state index >= 15 is 0 Å². The van der Waals surface area contributed by atoms with E-state index in [1.54, 1.807) is 0 Å². The Kier molecular flexibility index (Phi) is 2.54. The number of fused-ring (bicyclic) bond motifs is 1. The number of anilines is 1. The van der Waals surface area contributed by atoms with E-state index in [9.17, 15) is 4.79 Å². The Morgan fingerprint density at radius 2 is 2.41 bits per heavy atom. The number of nitrogens with one attached hydrogen (secondary N) is 2. The Balaban J connectivity index is 1.69. The van der Waals surface area contributed by atoms with Crippen LogP contribution in [0.5, 0.6) is 0 Å². The smallest absolute Gasteiger partial charge is 0.251 e. The van der Waals surface area contributed by atoms with Crippen LogP contribution in [0.4, 0.5) is 5.69 Å². The molecule has 1 amide bonds. The van der Waals surface area contributed by atoms with Crippen molar-refractivity contribution in [1.82, 2.24) is 5.32 Å². The van der Waals surface area contributed by atoms with Gasteiger partial charge in [0.1, 0.15) is 0 Å². The van der Waals surface area contributed by atoms with E-state index in [0.717, 1.165) is 37.1 Å². The highest BCUT2D eigenvalue weighted by molar-refractivity contribution is 5.95. The standard InChI is InChI=1S/C14H18N2O/c1-2-9-7-13(9)16-14(17)11-4-3-10-5-6-15-12(10)8-11/h3-4,8-9,13,15H,2,5-7H2,1H3,(H,16,17). The maximum absolute atomic E-state index is 12.0. The number of rotatable bonds is 3. The predicted molar refractivity (Wildman–Crippen MR) is 68.3 cm³/mol. The molecule has 1 fully saturated rings. The van der Waals surface area contributed by atoms with Crippen LogP contribution in [0.25, 0.3) is 0 Å². The second kappa shape index (κ2) is 4.06. The molecule has 3 rings (SSSR count). The van der Waals surface area contributed by atoms with Gasteiger partial charge in [0.05, 0.1) is 0 Å². The monoisotopic (exact) mass is 230 g/mol. The molecule has 0 spiro atoms. The van der Waals surface area contributed by atoms with Crippen LogP contribution in [-0.2, 0) is 6.42 Å². The first-order valence-corrected chi connectivity index (χ1v) is 6.45. The van der Waals surface area contributed by atoms with Crippen LogP contribution < -0.4 is 10.6 Å². The topological polar surface area (TPSA) is 41.1 Å². The molecule has 2 aliphatic rings. The fourth-order valence-corrected chi connectivity index (χ4v) is 2.56. The molecule has 1 aliphatic heterocycles. The zero-order valence-corrected chi connectivity index (χ0v) is 10.1. The maximum atomic E-state index is 12.0. The summed E-state index contributed by atoms with van der Waals surface area (Å²) in [6, 6.07) is 6.38. The summed E-state index contributed by atoms with van der Waals surface area (Å²) < 4.78 is 0. The van der Waals surface area contributed by atoms with E-state index in [0.29, 0.717) is 12.0 Å². The Bertz CT molecular complexity index is 456. The molecular weight excluding hydrogens is 212 g/mol. The predicted octanol–water partition coefficient (Wildman–Crippen LogP) is 2.18. The molecule has 0 aromatic heterocycles. The van der Waals surface area contributed by atoms with Crippen LogP contribution >= 0.6 is 0 Å². The molecule has 1 saturated carbocycles. The van der Waals surface area contributed by atoms with Crippen molar-refractivity contribution in [3.8, 4) is 0 Å². The Hall–Kier alpha value is -1.51. The largest absolute Gasteiger partial charge is 0.384 e. The van der Waals surface area contributed by atoms with Crippen molar-refractivity contribution in [2.45, 2.75) is 32.2 Å². The van der Waals surface area contributed by atoms with Gasteiger partial charge in [-0.15, -0.1) is 0 Å². The van der Waals surface area contributed by atoms with Gasteiger partial charge in [0.2, 0.25) is 0 Å². The lowest BCUT2D eigenvalue weighted by molar-refractivity contribution is 0.0949. The normalized spacial score (nSPS) is 25.0. The molecule has 1 aliphatic carbocycles. The highest BCUT2D eigenvalue weighted by atomic mass is 16.1. The molecule has 2 N–H and O–H groups in total. The molecule has 3 heteroatoms. The van der Waals surface area contributed by atoms with Crippen molar-refractivity contribution in [3.63, 3.8) is 0 Å². The zero-order valence-electron chi connectivity index (χ0n) is 10.1. The van der Waals surface area contributed by atoms with E-state index < -0.39 is 0 Å². The van der Waals surface area contributed by atoms with Gasteiger partial charge in [-0.2, -0.15) is 0 Å².